The van der Waals surface area contributed by atoms with Crippen LogP contribution in [0.2, 0.25) is 0 Å². The van der Waals surface area contributed by atoms with E-state index >= 15 is 0 Å². The van der Waals surface area contributed by atoms with Crippen LogP contribution in [0.1, 0.15) is 25.0 Å². The van der Waals surface area contributed by atoms with Crippen LogP contribution in [0.5, 0.6) is 11.5 Å². The van der Waals surface area contributed by atoms with E-state index in [1.807, 2.05) is 0 Å². The minimum Gasteiger partial charge on any atom is -0.493 e. The SMILES string of the molecule is CCOc1ccc(OCC)c(C(F)(F)F)c1C(F)(F)F. The molecule has 0 unspecified atom stereocenters. The van der Waals surface area contributed by atoms with Gasteiger partial charge in [-0.15, -0.1) is 0 Å². The Hall–Kier alpha value is -1.60. The Morgan fingerprint density at radius 2 is 1.05 bits per heavy atom. The molecule has 1 aromatic rings. The molecule has 0 spiro atoms. The van der Waals surface area contributed by atoms with Gasteiger partial charge in [-0.1, -0.05) is 0 Å². The van der Waals surface area contributed by atoms with Gasteiger partial charge in [-0.2, -0.15) is 26.3 Å². The third-order valence-corrected chi connectivity index (χ3v) is 2.30. The Morgan fingerprint density at radius 1 is 0.750 bits per heavy atom. The summed E-state index contributed by atoms with van der Waals surface area (Å²) in [5, 5.41) is 0. The third-order valence-electron chi connectivity index (χ3n) is 2.30. The van der Waals surface area contributed by atoms with Crippen molar-refractivity contribution >= 4 is 0 Å². The predicted octanol–water partition coefficient (Wildman–Crippen LogP) is 4.52. The molecular formula is C12H12F6O2. The molecule has 114 valence electrons. The molecule has 0 aliphatic carbocycles. The van der Waals surface area contributed by atoms with Crippen LogP contribution < -0.4 is 9.47 Å². The number of rotatable bonds is 4. The molecule has 8 heteroatoms. The Morgan fingerprint density at radius 3 is 1.25 bits per heavy atom. The fourth-order valence-electron chi connectivity index (χ4n) is 1.68. The molecular weight excluding hydrogens is 290 g/mol. The van der Waals surface area contributed by atoms with E-state index in [4.69, 9.17) is 0 Å². The first-order valence-electron chi connectivity index (χ1n) is 5.69. The van der Waals surface area contributed by atoms with Crippen LogP contribution in [0.25, 0.3) is 0 Å². The first kappa shape index (κ1) is 16.5. The molecule has 2 nitrogen and oxygen atoms in total. The Bertz CT molecular complexity index is 421. The molecule has 20 heavy (non-hydrogen) atoms. The molecule has 0 aromatic heterocycles. The molecule has 0 N–H and O–H groups in total. The zero-order chi connectivity index (χ0) is 15.6. The summed E-state index contributed by atoms with van der Waals surface area (Å²) in [4.78, 5) is 0. The summed E-state index contributed by atoms with van der Waals surface area (Å²) < 4.78 is 87.0. The first-order chi connectivity index (χ1) is 9.12. The van der Waals surface area contributed by atoms with E-state index in [9.17, 15) is 26.3 Å². The van der Waals surface area contributed by atoms with Crippen molar-refractivity contribution in [1.29, 1.82) is 0 Å². The highest BCUT2D eigenvalue weighted by Crippen LogP contribution is 2.48. The van der Waals surface area contributed by atoms with Gasteiger partial charge in [0, 0.05) is 0 Å². The van der Waals surface area contributed by atoms with Gasteiger partial charge in [-0.05, 0) is 26.0 Å². The van der Waals surface area contributed by atoms with Crippen molar-refractivity contribution in [2.45, 2.75) is 26.2 Å². The lowest BCUT2D eigenvalue weighted by Gasteiger charge is -2.21. The summed E-state index contributed by atoms with van der Waals surface area (Å²) in [6, 6.07) is 1.65. The summed E-state index contributed by atoms with van der Waals surface area (Å²) in [5.74, 6) is -1.73. The summed E-state index contributed by atoms with van der Waals surface area (Å²) in [6.07, 6.45) is -10.4. The normalized spacial score (nSPS) is 12.4. The van der Waals surface area contributed by atoms with Crippen LogP contribution in [-0.4, -0.2) is 13.2 Å². The second-order valence-corrected chi connectivity index (χ2v) is 3.67. The van der Waals surface area contributed by atoms with E-state index in [-0.39, 0.29) is 13.2 Å². The monoisotopic (exact) mass is 302 g/mol. The van der Waals surface area contributed by atoms with E-state index in [1.165, 1.54) is 13.8 Å². The molecule has 0 heterocycles. The lowest BCUT2D eigenvalue weighted by atomic mass is 10.0. The molecule has 0 aliphatic rings. The molecule has 1 rings (SSSR count). The maximum Gasteiger partial charge on any atom is 0.420 e. The Labute approximate surface area is 111 Å². The number of halogens is 6. The number of alkyl halides is 6. The fourth-order valence-corrected chi connectivity index (χ4v) is 1.68. The quantitative estimate of drug-likeness (QED) is 0.761. The Balaban J connectivity index is 3.64. The standard InChI is InChI=1S/C12H12F6O2/c1-3-19-7-5-6-8(20-4-2)10(12(16,17)18)9(7)11(13,14)15/h5-6H,3-4H2,1-2H3. The lowest BCUT2D eigenvalue weighted by molar-refractivity contribution is -0.164. The smallest absolute Gasteiger partial charge is 0.420 e. The van der Waals surface area contributed by atoms with Gasteiger partial charge in [-0.25, -0.2) is 0 Å². The minimum atomic E-state index is -5.21. The second-order valence-electron chi connectivity index (χ2n) is 3.67. The van der Waals surface area contributed by atoms with Crippen molar-refractivity contribution in [2.24, 2.45) is 0 Å². The lowest BCUT2D eigenvalue weighted by Crippen LogP contribution is -2.19. The molecule has 0 atom stereocenters. The molecule has 1 aromatic carbocycles. The van der Waals surface area contributed by atoms with Gasteiger partial charge in [0.2, 0.25) is 0 Å². The molecule has 0 saturated heterocycles. The highest BCUT2D eigenvalue weighted by atomic mass is 19.4. The highest BCUT2D eigenvalue weighted by Gasteiger charge is 2.48. The van der Waals surface area contributed by atoms with Crippen molar-refractivity contribution < 1.29 is 35.8 Å². The van der Waals surface area contributed by atoms with Crippen LogP contribution in [0.3, 0.4) is 0 Å². The maximum atomic E-state index is 12.9. The summed E-state index contributed by atoms with van der Waals surface area (Å²) >= 11 is 0. The fraction of sp³-hybridized carbons (Fsp3) is 0.500. The van der Waals surface area contributed by atoms with Crippen molar-refractivity contribution in [2.75, 3.05) is 13.2 Å². The van der Waals surface area contributed by atoms with Gasteiger partial charge >= 0.3 is 12.4 Å². The second kappa shape index (κ2) is 5.80. The Kier molecular flexibility index (Phi) is 4.77. The van der Waals surface area contributed by atoms with Gasteiger partial charge in [0.05, 0.1) is 13.2 Å². The zero-order valence-electron chi connectivity index (χ0n) is 10.7. The van der Waals surface area contributed by atoms with E-state index < -0.39 is 35.0 Å². The van der Waals surface area contributed by atoms with Gasteiger partial charge in [0.15, 0.2) is 0 Å². The zero-order valence-corrected chi connectivity index (χ0v) is 10.7. The van der Waals surface area contributed by atoms with E-state index in [0.29, 0.717) is 0 Å². The average molecular weight is 302 g/mol. The number of hydrogen-bond donors (Lipinski definition) is 0. The van der Waals surface area contributed by atoms with Crippen LogP contribution in [0, 0.1) is 0 Å². The van der Waals surface area contributed by atoms with E-state index in [0.717, 1.165) is 12.1 Å². The third kappa shape index (κ3) is 3.49. The molecule has 0 fully saturated rings. The van der Waals surface area contributed by atoms with Crippen molar-refractivity contribution in [1.82, 2.24) is 0 Å². The molecule has 0 saturated carbocycles. The molecule has 0 amide bonds. The van der Waals surface area contributed by atoms with Gasteiger partial charge in [0.1, 0.15) is 22.6 Å². The topological polar surface area (TPSA) is 18.5 Å². The molecule has 0 radical (unpaired) electrons. The first-order valence-corrected chi connectivity index (χ1v) is 5.69. The van der Waals surface area contributed by atoms with Gasteiger partial charge in [0.25, 0.3) is 0 Å². The number of hydrogen-bond acceptors (Lipinski definition) is 2. The predicted molar refractivity (Wildman–Crippen MR) is 58.8 cm³/mol. The number of benzene rings is 1. The van der Waals surface area contributed by atoms with Gasteiger partial charge in [-0.3, -0.25) is 0 Å². The summed E-state index contributed by atoms with van der Waals surface area (Å²) in [5.41, 5.74) is -3.73. The van der Waals surface area contributed by atoms with E-state index in [2.05, 4.69) is 9.47 Å². The average Bonchev–Trinajstić information content (AvgIpc) is 2.28. The summed E-state index contributed by atoms with van der Waals surface area (Å²) in [7, 11) is 0. The largest absolute Gasteiger partial charge is 0.493 e. The van der Waals surface area contributed by atoms with Gasteiger partial charge < -0.3 is 9.47 Å². The number of ether oxygens (including phenoxy) is 2. The van der Waals surface area contributed by atoms with E-state index in [1.54, 1.807) is 0 Å². The van der Waals surface area contributed by atoms with Crippen LogP contribution >= 0.6 is 0 Å². The van der Waals surface area contributed by atoms with Crippen molar-refractivity contribution in [3.05, 3.63) is 23.3 Å². The van der Waals surface area contributed by atoms with Crippen molar-refractivity contribution in [3.63, 3.8) is 0 Å². The van der Waals surface area contributed by atoms with Crippen LogP contribution in [-0.2, 0) is 12.4 Å². The van der Waals surface area contributed by atoms with Crippen LogP contribution in [0.4, 0.5) is 26.3 Å². The highest BCUT2D eigenvalue weighted by molar-refractivity contribution is 5.52. The van der Waals surface area contributed by atoms with Crippen molar-refractivity contribution in [3.8, 4) is 11.5 Å². The molecule has 0 aliphatic heterocycles. The summed E-state index contributed by atoms with van der Waals surface area (Å²) in [6.45, 7) is 2.39. The van der Waals surface area contributed by atoms with Crippen LogP contribution in [0.15, 0.2) is 12.1 Å². The minimum absolute atomic E-state index is 0.186. The molecule has 0 bridgehead atoms. The maximum absolute atomic E-state index is 12.9.